The van der Waals surface area contributed by atoms with Crippen LogP contribution in [0.25, 0.3) is 23.0 Å². The smallest absolute Gasteiger partial charge is 0.189 e. The molecule has 0 saturated carbocycles. The molecule has 2 aromatic carbocycles. The molecule has 0 aliphatic rings. The molecule has 0 saturated heterocycles. The standard InChI is InChI=1S/C22H17ClN4O/c1-26-14-18(13-24-26)21(28)11-10-17-15-27(20-8-3-2-4-9-20)25-22(17)16-6-5-7-19(23)12-16/h2-15H,1H3. The molecule has 28 heavy (non-hydrogen) atoms. The van der Waals surface area contributed by atoms with Crippen molar-refractivity contribution in [1.29, 1.82) is 0 Å². The predicted octanol–water partition coefficient (Wildman–Crippen LogP) is 4.82. The Balaban J connectivity index is 1.75. The Hall–Kier alpha value is -3.44. The Morgan fingerprint density at radius 3 is 2.61 bits per heavy atom. The lowest BCUT2D eigenvalue weighted by Gasteiger charge is -2.01. The summed E-state index contributed by atoms with van der Waals surface area (Å²) in [5, 5.41) is 9.40. The highest BCUT2D eigenvalue weighted by Gasteiger charge is 2.12. The largest absolute Gasteiger partial charge is 0.289 e. The van der Waals surface area contributed by atoms with Gasteiger partial charge in [-0.05, 0) is 36.4 Å². The number of carbonyl (C=O) groups is 1. The maximum Gasteiger partial charge on any atom is 0.189 e. The van der Waals surface area contributed by atoms with Gasteiger partial charge < -0.3 is 0 Å². The number of aryl methyl sites for hydroxylation is 1. The van der Waals surface area contributed by atoms with Crippen molar-refractivity contribution in [2.24, 2.45) is 7.05 Å². The van der Waals surface area contributed by atoms with Gasteiger partial charge in [0.25, 0.3) is 0 Å². The number of benzene rings is 2. The molecule has 4 aromatic rings. The predicted molar refractivity (Wildman–Crippen MR) is 111 cm³/mol. The number of nitrogens with zero attached hydrogens (tertiary/aromatic N) is 4. The number of carbonyl (C=O) groups excluding carboxylic acids is 1. The monoisotopic (exact) mass is 388 g/mol. The van der Waals surface area contributed by atoms with E-state index in [-0.39, 0.29) is 5.78 Å². The first kappa shape index (κ1) is 17.9. The topological polar surface area (TPSA) is 52.7 Å². The second kappa shape index (κ2) is 7.66. The van der Waals surface area contributed by atoms with Gasteiger partial charge in [0.2, 0.25) is 0 Å². The molecule has 4 rings (SSSR count). The summed E-state index contributed by atoms with van der Waals surface area (Å²) in [7, 11) is 1.78. The molecule has 6 heteroatoms. The van der Waals surface area contributed by atoms with Gasteiger partial charge in [0, 0.05) is 35.6 Å². The molecule has 0 fully saturated rings. The molecule has 0 aliphatic heterocycles. The Kier molecular flexibility index (Phi) is 4.91. The van der Waals surface area contributed by atoms with E-state index in [1.807, 2.05) is 60.8 Å². The van der Waals surface area contributed by atoms with E-state index in [4.69, 9.17) is 16.7 Å². The first-order valence-electron chi connectivity index (χ1n) is 8.72. The summed E-state index contributed by atoms with van der Waals surface area (Å²) in [4.78, 5) is 12.4. The van der Waals surface area contributed by atoms with Crippen LogP contribution in [0.15, 0.2) is 79.3 Å². The third-order valence-corrected chi connectivity index (χ3v) is 4.50. The first-order chi connectivity index (χ1) is 13.6. The molecular formula is C22H17ClN4O. The average Bonchev–Trinajstić information content (AvgIpc) is 3.33. The van der Waals surface area contributed by atoms with Crippen molar-refractivity contribution in [2.75, 3.05) is 0 Å². The number of para-hydroxylation sites is 1. The van der Waals surface area contributed by atoms with Crippen molar-refractivity contribution in [3.63, 3.8) is 0 Å². The van der Waals surface area contributed by atoms with Gasteiger partial charge in [-0.2, -0.15) is 10.2 Å². The number of hydrogen-bond donors (Lipinski definition) is 0. The fourth-order valence-corrected chi connectivity index (χ4v) is 3.08. The Morgan fingerprint density at radius 1 is 1.07 bits per heavy atom. The van der Waals surface area contributed by atoms with Crippen LogP contribution in [0.4, 0.5) is 0 Å². The summed E-state index contributed by atoms with van der Waals surface area (Å²) in [5.41, 5.74) is 3.93. The van der Waals surface area contributed by atoms with E-state index < -0.39 is 0 Å². The number of allylic oxidation sites excluding steroid dienone is 1. The van der Waals surface area contributed by atoms with Crippen LogP contribution in [0.5, 0.6) is 0 Å². The Morgan fingerprint density at radius 2 is 1.89 bits per heavy atom. The van der Waals surface area contributed by atoms with Crippen LogP contribution in [0.1, 0.15) is 15.9 Å². The fourth-order valence-electron chi connectivity index (χ4n) is 2.89. The van der Waals surface area contributed by atoms with Gasteiger partial charge in [-0.15, -0.1) is 0 Å². The van der Waals surface area contributed by atoms with Gasteiger partial charge in [-0.25, -0.2) is 4.68 Å². The van der Waals surface area contributed by atoms with Crippen LogP contribution in [-0.2, 0) is 7.05 Å². The van der Waals surface area contributed by atoms with Crippen molar-refractivity contribution in [2.45, 2.75) is 0 Å². The minimum atomic E-state index is -0.113. The van der Waals surface area contributed by atoms with E-state index in [9.17, 15) is 4.79 Å². The zero-order valence-electron chi connectivity index (χ0n) is 15.2. The molecule has 0 unspecified atom stereocenters. The Bertz CT molecular complexity index is 1160. The molecule has 0 bridgehead atoms. The molecule has 0 atom stereocenters. The Labute approximate surface area is 167 Å². The second-order valence-electron chi connectivity index (χ2n) is 6.32. The first-order valence-corrected chi connectivity index (χ1v) is 9.10. The number of rotatable bonds is 5. The van der Waals surface area contributed by atoms with Gasteiger partial charge in [-0.1, -0.05) is 41.9 Å². The summed E-state index contributed by atoms with van der Waals surface area (Å²) in [6.07, 6.45) is 8.46. The summed E-state index contributed by atoms with van der Waals surface area (Å²) < 4.78 is 3.40. The molecule has 138 valence electrons. The summed E-state index contributed by atoms with van der Waals surface area (Å²) in [6, 6.07) is 17.3. The lowest BCUT2D eigenvalue weighted by molar-refractivity contribution is 0.104. The maximum atomic E-state index is 12.4. The zero-order valence-corrected chi connectivity index (χ0v) is 15.9. The van der Waals surface area contributed by atoms with E-state index in [2.05, 4.69) is 5.10 Å². The van der Waals surface area contributed by atoms with Crippen molar-refractivity contribution >= 4 is 23.5 Å². The van der Waals surface area contributed by atoms with E-state index in [0.29, 0.717) is 10.6 Å². The van der Waals surface area contributed by atoms with Crippen LogP contribution < -0.4 is 0 Å². The molecule has 0 radical (unpaired) electrons. The maximum absolute atomic E-state index is 12.4. The average molecular weight is 389 g/mol. The van der Waals surface area contributed by atoms with E-state index >= 15 is 0 Å². The molecule has 5 nitrogen and oxygen atoms in total. The van der Waals surface area contributed by atoms with Gasteiger partial charge >= 0.3 is 0 Å². The summed E-state index contributed by atoms with van der Waals surface area (Å²) >= 11 is 6.16. The normalized spacial score (nSPS) is 11.2. The third-order valence-electron chi connectivity index (χ3n) is 4.26. The van der Waals surface area contributed by atoms with E-state index in [1.165, 1.54) is 6.08 Å². The highest BCUT2D eigenvalue weighted by atomic mass is 35.5. The van der Waals surface area contributed by atoms with Crippen LogP contribution >= 0.6 is 11.6 Å². The van der Waals surface area contributed by atoms with Crippen LogP contribution in [0.2, 0.25) is 5.02 Å². The second-order valence-corrected chi connectivity index (χ2v) is 6.76. The highest BCUT2D eigenvalue weighted by Crippen LogP contribution is 2.27. The van der Waals surface area contributed by atoms with Crippen molar-refractivity contribution in [1.82, 2.24) is 19.6 Å². The molecule has 0 amide bonds. The van der Waals surface area contributed by atoms with Crippen molar-refractivity contribution in [3.05, 3.63) is 95.4 Å². The zero-order chi connectivity index (χ0) is 19.5. The lowest BCUT2D eigenvalue weighted by atomic mass is 10.1. The summed E-state index contributed by atoms with van der Waals surface area (Å²) in [5.74, 6) is -0.113. The van der Waals surface area contributed by atoms with Gasteiger partial charge in [0.15, 0.2) is 5.78 Å². The van der Waals surface area contributed by atoms with Crippen LogP contribution in [0, 0.1) is 0 Å². The molecule has 2 heterocycles. The number of halogens is 1. The van der Waals surface area contributed by atoms with E-state index in [0.717, 1.165) is 22.5 Å². The van der Waals surface area contributed by atoms with Crippen LogP contribution in [0.3, 0.4) is 0 Å². The minimum Gasteiger partial charge on any atom is -0.289 e. The van der Waals surface area contributed by atoms with Crippen molar-refractivity contribution in [3.8, 4) is 16.9 Å². The molecule has 2 aromatic heterocycles. The van der Waals surface area contributed by atoms with Gasteiger partial charge in [0.1, 0.15) is 0 Å². The van der Waals surface area contributed by atoms with Gasteiger partial charge in [0.05, 0.1) is 23.1 Å². The van der Waals surface area contributed by atoms with Crippen molar-refractivity contribution < 1.29 is 4.79 Å². The fraction of sp³-hybridized carbons (Fsp3) is 0.0455. The number of hydrogen-bond acceptors (Lipinski definition) is 3. The molecular weight excluding hydrogens is 372 g/mol. The number of ketones is 1. The lowest BCUT2D eigenvalue weighted by Crippen LogP contribution is -1.93. The molecule has 0 spiro atoms. The quantitative estimate of drug-likeness (QED) is 0.363. The highest BCUT2D eigenvalue weighted by molar-refractivity contribution is 6.30. The van der Waals surface area contributed by atoms with E-state index in [1.54, 1.807) is 34.9 Å². The van der Waals surface area contributed by atoms with Gasteiger partial charge in [-0.3, -0.25) is 9.48 Å². The molecule has 0 aliphatic carbocycles. The third kappa shape index (κ3) is 3.80. The molecule has 0 N–H and O–H groups in total. The van der Waals surface area contributed by atoms with Crippen LogP contribution in [-0.4, -0.2) is 25.3 Å². The minimum absolute atomic E-state index is 0.113. The SMILES string of the molecule is Cn1cc(C(=O)C=Cc2cn(-c3ccccc3)nc2-c2cccc(Cl)c2)cn1. The summed E-state index contributed by atoms with van der Waals surface area (Å²) in [6.45, 7) is 0. The number of aromatic nitrogens is 4.